The molecular weight excluding hydrogens is 349 g/mol. The molecule has 100 valence electrons. The third-order valence-electron chi connectivity index (χ3n) is 1.95. The van der Waals surface area contributed by atoms with Gasteiger partial charge in [0.2, 0.25) is 0 Å². The van der Waals surface area contributed by atoms with Gasteiger partial charge in [0.25, 0.3) is 0 Å². The highest BCUT2D eigenvalue weighted by Crippen LogP contribution is 2.29. The Labute approximate surface area is 112 Å². The van der Waals surface area contributed by atoms with E-state index in [2.05, 4.69) is 4.74 Å². The molecule has 1 atom stereocenters. The molecular formula is C10H14F2IO4-. The van der Waals surface area contributed by atoms with Gasteiger partial charge in [-0.25, -0.2) is 0 Å². The van der Waals surface area contributed by atoms with E-state index in [9.17, 15) is 23.5 Å². The Hall–Kier alpha value is -0.470. The lowest BCUT2D eigenvalue weighted by Gasteiger charge is -2.31. The van der Waals surface area contributed by atoms with Crippen molar-refractivity contribution in [3.8, 4) is 0 Å². The van der Waals surface area contributed by atoms with Gasteiger partial charge in [-0.3, -0.25) is 4.79 Å². The van der Waals surface area contributed by atoms with Gasteiger partial charge in [0.15, 0.2) is 6.10 Å². The number of carbonyl (C=O) groups is 2. The van der Waals surface area contributed by atoms with E-state index in [1.165, 1.54) is 27.7 Å². The number of hydrogen-bond donors (Lipinski definition) is 0. The molecule has 0 fully saturated rings. The molecule has 0 aromatic rings. The minimum atomic E-state index is -4.20. The summed E-state index contributed by atoms with van der Waals surface area (Å²) in [5.74, 6) is -8.48. The number of hydrogen-bond acceptors (Lipinski definition) is 4. The van der Waals surface area contributed by atoms with E-state index in [4.69, 9.17) is 0 Å². The highest BCUT2D eigenvalue weighted by atomic mass is 127. The van der Waals surface area contributed by atoms with Crippen LogP contribution in [0.25, 0.3) is 0 Å². The first-order valence-electron chi connectivity index (χ1n) is 4.90. The second-order valence-electron chi connectivity index (χ2n) is 4.45. The molecule has 0 saturated carbocycles. The molecule has 0 rings (SSSR count). The Morgan fingerprint density at radius 1 is 1.29 bits per heavy atom. The number of ether oxygens (including phenoxy) is 1. The Morgan fingerprint density at radius 3 is 1.94 bits per heavy atom. The van der Waals surface area contributed by atoms with Crippen molar-refractivity contribution < 1.29 is 28.2 Å². The predicted octanol–water partition coefficient (Wildman–Crippen LogP) is 1.15. The molecule has 0 aliphatic heterocycles. The van der Waals surface area contributed by atoms with Crippen LogP contribution in [0.15, 0.2) is 0 Å². The molecule has 0 bridgehead atoms. The minimum Gasteiger partial charge on any atom is -0.544 e. The van der Waals surface area contributed by atoms with Gasteiger partial charge in [0.1, 0.15) is 9.39 Å². The summed E-state index contributed by atoms with van der Waals surface area (Å²) in [5, 5.41) is 10.3. The fourth-order valence-corrected chi connectivity index (χ4v) is 1.13. The number of aliphatic carboxylic acids is 1. The monoisotopic (exact) mass is 363 g/mol. The SMILES string of the molecule is CC(C)C(OC(=O)C(C)(C)I)C(F)(F)C(=O)[O-]. The van der Waals surface area contributed by atoms with E-state index in [1.807, 2.05) is 0 Å². The average Bonchev–Trinajstić information content (AvgIpc) is 2.10. The van der Waals surface area contributed by atoms with Crippen molar-refractivity contribution in [3.63, 3.8) is 0 Å². The number of alkyl halides is 3. The summed E-state index contributed by atoms with van der Waals surface area (Å²) in [6.07, 6.45) is -2.03. The maximum atomic E-state index is 13.3. The maximum Gasteiger partial charge on any atom is 0.323 e. The van der Waals surface area contributed by atoms with Crippen LogP contribution in [0.2, 0.25) is 0 Å². The summed E-state index contributed by atoms with van der Waals surface area (Å²) in [6, 6.07) is 0. The Morgan fingerprint density at radius 2 is 1.71 bits per heavy atom. The molecule has 0 heterocycles. The van der Waals surface area contributed by atoms with Crippen LogP contribution in [0.5, 0.6) is 0 Å². The molecule has 4 nitrogen and oxygen atoms in total. The van der Waals surface area contributed by atoms with E-state index >= 15 is 0 Å². The number of halogens is 3. The van der Waals surface area contributed by atoms with Crippen LogP contribution >= 0.6 is 22.6 Å². The lowest BCUT2D eigenvalue weighted by atomic mass is 10.0. The molecule has 1 unspecified atom stereocenters. The third kappa shape index (κ3) is 4.36. The molecule has 0 aliphatic rings. The van der Waals surface area contributed by atoms with E-state index in [0.29, 0.717) is 0 Å². The Balaban J connectivity index is 5.04. The zero-order valence-electron chi connectivity index (χ0n) is 9.92. The van der Waals surface area contributed by atoms with Gasteiger partial charge >= 0.3 is 11.9 Å². The number of carbonyl (C=O) groups excluding carboxylic acids is 2. The molecule has 0 N–H and O–H groups in total. The molecule has 0 radical (unpaired) electrons. The van der Waals surface area contributed by atoms with Crippen molar-refractivity contribution in [1.29, 1.82) is 0 Å². The van der Waals surface area contributed by atoms with Crippen LogP contribution < -0.4 is 5.11 Å². The lowest BCUT2D eigenvalue weighted by molar-refractivity contribution is -0.337. The first-order chi connectivity index (χ1) is 7.40. The van der Waals surface area contributed by atoms with Crippen LogP contribution in [-0.4, -0.2) is 27.4 Å². The Bertz CT molecular complexity index is 310. The van der Waals surface area contributed by atoms with Crippen LogP contribution in [0.4, 0.5) is 8.78 Å². The van der Waals surface area contributed by atoms with Crippen molar-refractivity contribution in [1.82, 2.24) is 0 Å². The third-order valence-corrected chi connectivity index (χ3v) is 2.39. The molecule has 0 amide bonds. The highest BCUT2D eigenvalue weighted by Gasteiger charge is 2.47. The lowest BCUT2D eigenvalue weighted by Crippen LogP contribution is -2.54. The van der Waals surface area contributed by atoms with Crippen molar-refractivity contribution in [2.24, 2.45) is 5.92 Å². The van der Waals surface area contributed by atoms with Gasteiger partial charge in [-0.2, -0.15) is 8.78 Å². The summed E-state index contributed by atoms with van der Waals surface area (Å²) < 4.78 is 30.1. The van der Waals surface area contributed by atoms with Gasteiger partial charge in [0.05, 0.1) is 0 Å². The van der Waals surface area contributed by atoms with Crippen LogP contribution in [-0.2, 0) is 14.3 Å². The smallest absolute Gasteiger partial charge is 0.323 e. The normalized spacial score (nSPS) is 14.6. The molecule has 0 aliphatic carbocycles. The first kappa shape index (κ1) is 16.5. The van der Waals surface area contributed by atoms with Crippen molar-refractivity contribution in [2.45, 2.75) is 43.1 Å². The fourth-order valence-electron chi connectivity index (χ4n) is 1.00. The molecule has 7 heteroatoms. The summed E-state index contributed by atoms with van der Waals surface area (Å²) >= 11 is 1.72. The number of esters is 1. The van der Waals surface area contributed by atoms with Gasteiger partial charge < -0.3 is 14.6 Å². The number of rotatable bonds is 5. The molecule has 0 saturated heterocycles. The van der Waals surface area contributed by atoms with Gasteiger partial charge in [-0.1, -0.05) is 36.4 Å². The zero-order valence-corrected chi connectivity index (χ0v) is 12.1. The molecule has 0 aromatic heterocycles. The van der Waals surface area contributed by atoms with E-state index in [1.54, 1.807) is 22.6 Å². The first-order valence-corrected chi connectivity index (χ1v) is 5.97. The second-order valence-corrected chi connectivity index (χ2v) is 7.15. The Kier molecular flexibility index (Phi) is 5.30. The zero-order chi connectivity index (χ0) is 14.0. The van der Waals surface area contributed by atoms with Crippen molar-refractivity contribution in [3.05, 3.63) is 0 Å². The van der Waals surface area contributed by atoms with Crippen LogP contribution in [0.3, 0.4) is 0 Å². The summed E-state index contributed by atoms with van der Waals surface area (Å²) in [6.45, 7) is 5.64. The van der Waals surface area contributed by atoms with Crippen LogP contribution in [0.1, 0.15) is 27.7 Å². The maximum absolute atomic E-state index is 13.3. The fraction of sp³-hybridized carbons (Fsp3) is 0.800. The molecule has 0 spiro atoms. The molecule has 0 aromatic carbocycles. The summed E-state index contributed by atoms with van der Waals surface area (Å²) in [7, 11) is 0. The standard InChI is InChI=1S/C10H15F2IO4/c1-5(2)6(10(11,12)7(14)15)17-8(16)9(3,4)13/h5-6H,1-4H3,(H,14,15)/p-1. The summed E-state index contributed by atoms with van der Waals surface area (Å²) in [5.41, 5.74) is 0. The minimum absolute atomic E-state index is 0.842. The quantitative estimate of drug-likeness (QED) is 0.418. The number of carboxylic acid groups (broad SMARTS) is 1. The predicted molar refractivity (Wildman–Crippen MR) is 62.8 cm³/mol. The highest BCUT2D eigenvalue weighted by molar-refractivity contribution is 14.1. The van der Waals surface area contributed by atoms with Gasteiger partial charge in [0, 0.05) is 0 Å². The summed E-state index contributed by atoms with van der Waals surface area (Å²) in [4.78, 5) is 21.8. The van der Waals surface area contributed by atoms with E-state index in [-0.39, 0.29) is 0 Å². The largest absolute Gasteiger partial charge is 0.544 e. The van der Waals surface area contributed by atoms with Crippen molar-refractivity contribution in [2.75, 3.05) is 0 Å². The van der Waals surface area contributed by atoms with Crippen LogP contribution in [0, 0.1) is 5.92 Å². The van der Waals surface area contributed by atoms with E-state index in [0.717, 1.165) is 0 Å². The van der Waals surface area contributed by atoms with Gasteiger partial charge in [-0.15, -0.1) is 0 Å². The molecule has 17 heavy (non-hydrogen) atoms. The topological polar surface area (TPSA) is 66.4 Å². The second kappa shape index (κ2) is 5.45. The van der Waals surface area contributed by atoms with Gasteiger partial charge in [-0.05, 0) is 19.8 Å². The van der Waals surface area contributed by atoms with Crippen molar-refractivity contribution >= 4 is 34.5 Å². The number of carboxylic acids is 1. The average molecular weight is 363 g/mol. The van der Waals surface area contributed by atoms with E-state index < -0.39 is 33.3 Å².